The van der Waals surface area contributed by atoms with Crippen molar-refractivity contribution in [3.63, 3.8) is 0 Å². The van der Waals surface area contributed by atoms with Gasteiger partial charge in [-0.25, -0.2) is 0 Å². The highest BCUT2D eigenvalue weighted by molar-refractivity contribution is 6.01. The van der Waals surface area contributed by atoms with Crippen molar-refractivity contribution in [1.29, 1.82) is 0 Å². The van der Waals surface area contributed by atoms with E-state index in [-0.39, 0.29) is 17.9 Å². The quantitative estimate of drug-likeness (QED) is 0.753. The average molecular weight is 402 g/mol. The number of carbonyl (C=O) groups is 2. The Morgan fingerprint density at radius 3 is 2.62 bits per heavy atom. The van der Waals surface area contributed by atoms with Crippen LogP contribution in [-0.4, -0.2) is 82.4 Å². The first-order valence-corrected chi connectivity index (χ1v) is 11.0. The predicted octanol–water partition coefficient (Wildman–Crippen LogP) is 1.02. The third-order valence-corrected chi connectivity index (χ3v) is 7.13. The largest absolute Gasteiger partial charge is 0.368 e. The Kier molecular flexibility index (Phi) is 4.86. The molecule has 4 heterocycles. The maximum Gasteiger partial charge on any atom is 0.251 e. The third-order valence-electron chi connectivity index (χ3n) is 7.13. The summed E-state index contributed by atoms with van der Waals surface area (Å²) >= 11 is 0. The van der Waals surface area contributed by atoms with Crippen molar-refractivity contribution in [3.8, 4) is 0 Å². The molecule has 0 N–H and O–H groups in total. The molecule has 1 saturated carbocycles. The molecule has 5 rings (SSSR count). The highest BCUT2D eigenvalue weighted by atomic mass is 16.5. The molecule has 158 valence electrons. The molecular weight excluding hydrogens is 370 g/mol. The molecule has 2 amide bonds. The van der Waals surface area contributed by atoms with Crippen molar-refractivity contribution in [2.75, 3.05) is 44.2 Å². The molecule has 1 spiro atoms. The summed E-state index contributed by atoms with van der Waals surface area (Å²) < 4.78 is 7.34. The highest BCUT2D eigenvalue weighted by Gasteiger charge is 2.52. The number of nitrogens with zero attached hydrogens (tertiary/aromatic N) is 5. The molecule has 1 atom stereocenters. The minimum absolute atomic E-state index is 0.110. The number of hydrogen-bond donors (Lipinski definition) is 0. The Hall–Kier alpha value is -1.93. The summed E-state index contributed by atoms with van der Waals surface area (Å²) in [6.07, 6.45) is 9.15. The summed E-state index contributed by atoms with van der Waals surface area (Å²) in [6, 6.07) is 0. The Morgan fingerprint density at radius 2 is 2.00 bits per heavy atom. The molecule has 4 fully saturated rings. The Bertz CT molecular complexity index is 775. The molecule has 0 aromatic carbocycles. The van der Waals surface area contributed by atoms with Gasteiger partial charge < -0.3 is 14.5 Å². The maximum absolute atomic E-state index is 13.8. The number of anilines is 1. The van der Waals surface area contributed by atoms with Crippen molar-refractivity contribution in [2.24, 2.45) is 13.0 Å². The minimum atomic E-state index is -0.496. The zero-order chi connectivity index (χ0) is 20.0. The number of ether oxygens (including phenoxy) is 1. The normalized spacial score (nSPS) is 27.8. The lowest BCUT2D eigenvalue weighted by atomic mass is 9.81. The molecule has 1 aliphatic carbocycles. The number of aryl methyl sites for hydroxylation is 1. The first kappa shape index (κ1) is 19.1. The van der Waals surface area contributed by atoms with Gasteiger partial charge in [0.1, 0.15) is 11.6 Å². The van der Waals surface area contributed by atoms with E-state index in [1.54, 1.807) is 10.9 Å². The van der Waals surface area contributed by atoms with Crippen LogP contribution >= 0.6 is 0 Å². The van der Waals surface area contributed by atoms with Gasteiger partial charge in [0.15, 0.2) is 0 Å². The van der Waals surface area contributed by atoms with E-state index < -0.39 is 5.54 Å². The first-order chi connectivity index (χ1) is 14.1. The summed E-state index contributed by atoms with van der Waals surface area (Å²) in [5.74, 6) is 1.02. The molecular formula is C21H31N5O3. The van der Waals surface area contributed by atoms with E-state index in [2.05, 4.69) is 10.00 Å². The second kappa shape index (κ2) is 7.40. The van der Waals surface area contributed by atoms with Gasteiger partial charge in [-0.2, -0.15) is 5.10 Å². The SMILES string of the molecule is Cn1cc(N2CCN(CC3CC3)C3(CCN(C(=O)[C@@H]4CCCO4)CC3)C2=O)cn1. The van der Waals surface area contributed by atoms with Crippen LogP contribution in [0.4, 0.5) is 5.69 Å². The number of amides is 2. The fraction of sp³-hybridized carbons (Fsp3) is 0.762. The Morgan fingerprint density at radius 1 is 1.21 bits per heavy atom. The predicted molar refractivity (Wildman–Crippen MR) is 107 cm³/mol. The molecule has 8 nitrogen and oxygen atoms in total. The van der Waals surface area contributed by atoms with Gasteiger partial charge >= 0.3 is 0 Å². The van der Waals surface area contributed by atoms with E-state index >= 15 is 0 Å². The van der Waals surface area contributed by atoms with Crippen LogP contribution < -0.4 is 4.90 Å². The number of piperidine rings is 1. The van der Waals surface area contributed by atoms with E-state index in [1.807, 2.05) is 23.0 Å². The van der Waals surface area contributed by atoms with Gasteiger partial charge in [0, 0.05) is 52.6 Å². The highest BCUT2D eigenvalue weighted by Crippen LogP contribution is 2.39. The first-order valence-electron chi connectivity index (χ1n) is 11.0. The maximum atomic E-state index is 13.8. The monoisotopic (exact) mass is 401 g/mol. The van der Waals surface area contributed by atoms with Gasteiger partial charge in [-0.05, 0) is 44.4 Å². The van der Waals surface area contributed by atoms with Gasteiger partial charge in [-0.3, -0.25) is 19.2 Å². The van der Waals surface area contributed by atoms with E-state index in [1.165, 1.54) is 12.8 Å². The van der Waals surface area contributed by atoms with Gasteiger partial charge in [-0.15, -0.1) is 0 Å². The molecule has 4 aliphatic rings. The Labute approximate surface area is 171 Å². The molecule has 29 heavy (non-hydrogen) atoms. The summed E-state index contributed by atoms with van der Waals surface area (Å²) in [6.45, 7) is 4.54. The van der Waals surface area contributed by atoms with E-state index in [4.69, 9.17) is 4.74 Å². The number of aromatic nitrogens is 2. The van der Waals surface area contributed by atoms with E-state index in [0.29, 0.717) is 39.1 Å². The lowest BCUT2D eigenvalue weighted by Crippen LogP contribution is -2.69. The van der Waals surface area contributed by atoms with Gasteiger partial charge in [0.2, 0.25) is 5.91 Å². The van der Waals surface area contributed by atoms with Crippen molar-refractivity contribution >= 4 is 17.5 Å². The number of piperazine rings is 1. The molecule has 1 aromatic rings. The third kappa shape index (κ3) is 3.46. The van der Waals surface area contributed by atoms with Crippen LogP contribution in [0, 0.1) is 5.92 Å². The Balaban J connectivity index is 1.35. The van der Waals surface area contributed by atoms with Crippen LogP contribution in [0.3, 0.4) is 0 Å². The lowest BCUT2D eigenvalue weighted by Gasteiger charge is -2.53. The van der Waals surface area contributed by atoms with Crippen molar-refractivity contribution in [1.82, 2.24) is 19.6 Å². The standard InChI is InChI=1S/C21H31N5O3/c1-23-15-17(13-22-23)26-11-10-25(14-16-4-5-16)21(20(26)28)6-8-24(9-7-21)19(27)18-3-2-12-29-18/h13,15-16,18H,2-12,14H2,1H3/t18-/m0/s1. The van der Waals surface area contributed by atoms with E-state index in [0.717, 1.165) is 37.5 Å². The van der Waals surface area contributed by atoms with Crippen LogP contribution in [0.1, 0.15) is 38.5 Å². The van der Waals surface area contributed by atoms with Crippen LogP contribution in [0.5, 0.6) is 0 Å². The topological polar surface area (TPSA) is 70.9 Å². The summed E-state index contributed by atoms with van der Waals surface area (Å²) in [5.41, 5.74) is 0.380. The summed E-state index contributed by atoms with van der Waals surface area (Å²) in [4.78, 5) is 32.8. The molecule has 3 aliphatic heterocycles. The van der Waals surface area contributed by atoms with Crippen molar-refractivity contribution < 1.29 is 14.3 Å². The second-order valence-corrected chi connectivity index (χ2v) is 9.08. The molecule has 0 radical (unpaired) electrons. The van der Waals surface area contributed by atoms with Crippen LogP contribution in [-0.2, 0) is 21.4 Å². The smallest absolute Gasteiger partial charge is 0.251 e. The number of carbonyl (C=O) groups excluding carboxylic acids is 2. The fourth-order valence-corrected chi connectivity index (χ4v) is 5.20. The number of hydrogen-bond acceptors (Lipinski definition) is 5. The van der Waals surface area contributed by atoms with Crippen LogP contribution in [0.2, 0.25) is 0 Å². The molecule has 1 aromatic heterocycles. The summed E-state index contributed by atoms with van der Waals surface area (Å²) in [5, 5.41) is 4.26. The van der Waals surface area contributed by atoms with E-state index in [9.17, 15) is 9.59 Å². The van der Waals surface area contributed by atoms with Gasteiger partial charge in [0.05, 0.1) is 11.9 Å². The van der Waals surface area contributed by atoms with Crippen molar-refractivity contribution in [3.05, 3.63) is 12.4 Å². The minimum Gasteiger partial charge on any atom is -0.368 e. The molecule has 0 unspecified atom stereocenters. The zero-order valence-corrected chi connectivity index (χ0v) is 17.3. The van der Waals surface area contributed by atoms with Crippen molar-refractivity contribution in [2.45, 2.75) is 50.2 Å². The number of likely N-dealkylation sites (tertiary alicyclic amines) is 1. The van der Waals surface area contributed by atoms with Gasteiger partial charge in [-0.1, -0.05) is 0 Å². The molecule has 8 heteroatoms. The van der Waals surface area contributed by atoms with Crippen LogP contribution in [0.25, 0.3) is 0 Å². The molecule has 3 saturated heterocycles. The zero-order valence-electron chi connectivity index (χ0n) is 17.3. The average Bonchev–Trinajstić information content (AvgIpc) is 3.19. The second-order valence-electron chi connectivity index (χ2n) is 9.08. The van der Waals surface area contributed by atoms with Crippen LogP contribution in [0.15, 0.2) is 12.4 Å². The number of rotatable bonds is 4. The van der Waals surface area contributed by atoms with Gasteiger partial charge in [0.25, 0.3) is 5.91 Å². The lowest BCUT2D eigenvalue weighted by molar-refractivity contribution is -0.149. The summed E-state index contributed by atoms with van der Waals surface area (Å²) in [7, 11) is 1.88. The molecule has 0 bridgehead atoms. The fourth-order valence-electron chi connectivity index (χ4n) is 5.20.